The highest BCUT2D eigenvalue weighted by atomic mass is 16.1. The molecule has 0 aromatic rings. The van der Waals surface area contributed by atoms with Crippen LogP contribution in [0.3, 0.4) is 0 Å². The Morgan fingerprint density at radius 1 is 1.44 bits per heavy atom. The fraction of sp³-hybridized carbons (Fsp3) is 0.375. The number of hydrogen-bond donors (Lipinski definition) is 0. The molecular weight excluding hydrogens is 112 g/mol. The van der Waals surface area contributed by atoms with Gasteiger partial charge >= 0.3 is 0 Å². The van der Waals surface area contributed by atoms with E-state index in [1.54, 1.807) is 19.9 Å². The summed E-state index contributed by atoms with van der Waals surface area (Å²) in [6.45, 7) is 5.03. The monoisotopic (exact) mass is 122 g/mol. The molecule has 9 heavy (non-hydrogen) atoms. The highest BCUT2D eigenvalue weighted by Crippen LogP contribution is 1.90. The maximum atomic E-state index is 10.5. The van der Waals surface area contributed by atoms with Gasteiger partial charge in [-0.3, -0.25) is 4.79 Å². The third-order valence-electron chi connectivity index (χ3n) is 0.988. The Labute approximate surface area is 55.8 Å². The van der Waals surface area contributed by atoms with E-state index >= 15 is 0 Å². The van der Waals surface area contributed by atoms with Crippen molar-refractivity contribution in [3.63, 3.8) is 0 Å². The Bertz CT molecular complexity index is 188. The molecule has 0 spiro atoms. The van der Waals surface area contributed by atoms with E-state index in [0.29, 0.717) is 5.57 Å². The van der Waals surface area contributed by atoms with E-state index in [9.17, 15) is 4.79 Å². The Morgan fingerprint density at radius 3 is 2.33 bits per heavy atom. The number of rotatable bonds is 1. The molecule has 0 fully saturated rings. The summed E-state index contributed by atoms with van der Waals surface area (Å²) in [4.78, 5) is 10.5. The molecule has 0 aromatic carbocycles. The van der Waals surface area contributed by atoms with Crippen molar-refractivity contribution in [3.05, 3.63) is 11.6 Å². The molecule has 0 atom stereocenters. The van der Waals surface area contributed by atoms with Crippen LogP contribution < -0.4 is 0 Å². The van der Waals surface area contributed by atoms with Crippen LogP contribution in [-0.4, -0.2) is 5.78 Å². The SMILES string of the molecule is CC#CC=C(C)C(C)=O. The molecule has 48 valence electrons. The molecule has 0 aliphatic heterocycles. The number of ketones is 1. The molecule has 0 heterocycles. The molecule has 0 aromatic heterocycles. The topological polar surface area (TPSA) is 17.1 Å². The summed E-state index contributed by atoms with van der Waals surface area (Å²) in [6, 6.07) is 0. The van der Waals surface area contributed by atoms with E-state index in [-0.39, 0.29) is 5.78 Å². The Balaban J connectivity index is 4.11. The molecule has 0 saturated heterocycles. The number of carbonyl (C=O) groups excluding carboxylic acids is 1. The van der Waals surface area contributed by atoms with Gasteiger partial charge in [-0.05, 0) is 26.8 Å². The summed E-state index contributed by atoms with van der Waals surface area (Å²) >= 11 is 0. The molecule has 0 bridgehead atoms. The summed E-state index contributed by atoms with van der Waals surface area (Å²) in [5, 5.41) is 0. The second-order valence-electron chi connectivity index (χ2n) is 1.78. The number of hydrogen-bond acceptors (Lipinski definition) is 1. The van der Waals surface area contributed by atoms with Gasteiger partial charge in [0.05, 0.1) is 0 Å². The zero-order chi connectivity index (χ0) is 7.28. The predicted molar refractivity (Wildman–Crippen MR) is 37.9 cm³/mol. The highest BCUT2D eigenvalue weighted by Gasteiger charge is 1.90. The molecular formula is C8H10O. The number of allylic oxidation sites excluding steroid dienone is 2. The largest absolute Gasteiger partial charge is 0.295 e. The van der Waals surface area contributed by atoms with E-state index in [0.717, 1.165) is 0 Å². The summed E-state index contributed by atoms with van der Waals surface area (Å²) in [6.07, 6.45) is 1.63. The van der Waals surface area contributed by atoms with Gasteiger partial charge in [0.25, 0.3) is 0 Å². The standard InChI is InChI=1S/C8H10O/c1-4-5-6-7(2)8(3)9/h6H,1-3H3. The van der Waals surface area contributed by atoms with Crippen LogP contribution >= 0.6 is 0 Å². The normalized spacial score (nSPS) is 9.89. The van der Waals surface area contributed by atoms with E-state index in [1.807, 2.05) is 0 Å². The summed E-state index contributed by atoms with van der Waals surface area (Å²) < 4.78 is 0. The van der Waals surface area contributed by atoms with Gasteiger partial charge in [-0.25, -0.2) is 0 Å². The highest BCUT2D eigenvalue weighted by molar-refractivity contribution is 5.93. The first-order valence-electron chi connectivity index (χ1n) is 2.78. The minimum absolute atomic E-state index is 0.0813. The second kappa shape index (κ2) is 3.91. The Hall–Kier alpha value is -1.03. The minimum atomic E-state index is 0.0813. The molecule has 0 saturated carbocycles. The third kappa shape index (κ3) is 3.54. The van der Waals surface area contributed by atoms with Crippen molar-refractivity contribution in [1.29, 1.82) is 0 Å². The average molecular weight is 122 g/mol. The maximum absolute atomic E-state index is 10.5. The van der Waals surface area contributed by atoms with Crippen LogP contribution in [0.15, 0.2) is 11.6 Å². The predicted octanol–water partition coefficient (Wildman–Crippen LogP) is 1.54. The Kier molecular flexibility index (Phi) is 3.46. The zero-order valence-electron chi connectivity index (χ0n) is 5.99. The molecule has 0 aliphatic rings. The van der Waals surface area contributed by atoms with Gasteiger partial charge in [0.2, 0.25) is 0 Å². The molecule has 1 heteroatoms. The first kappa shape index (κ1) is 7.97. The Morgan fingerprint density at radius 2 is 2.00 bits per heavy atom. The van der Waals surface area contributed by atoms with Gasteiger partial charge in [-0.2, -0.15) is 0 Å². The third-order valence-corrected chi connectivity index (χ3v) is 0.988. The van der Waals surface area contributed by atoms with Crippen molar-refractivity contribution in [3.8, 4) is 11.8 Å². The van der Waals surface area contributed by atoms with E-state index < -0.39 is 0 Å². The summed E-state index contributed by atoms with van der Waals surface area (Å²) in [5.41, 5.74) is 0.712. The van der Waals surface area contributed by atoms with Crippen LogP contribution in [0.1, 0.15) is 20.8 Å². The van der Waals surface area contributed by atoms with Crippen LogP contribution in [0, 0.1) is 11.8 Å². The lowest BCUT2D eigenvalue weighted by molar-refractivity contribution is -0.113. The van der Waals surface area contributed by atoms with Crippen molar-refractivity contribution in [2.45, 2.75) is 20.8 Å². The van der Waals surface area contributed by atoms with Crippen LogP contribution in [0.4, 0.5) is 0 Å². The van der Waals surface area contributed by atoms with Crippen molar-refractivity contribution >= 4 is 5.78 Å². The molecule has 0 unspecified atom stereocenters. The average Bonchev–Trinajstić information content (AvgIpc) is 1.82. The lowest BCUT2D eigenvalue weighted by Gasteiger charge is -1.85. The zero-order valence-corrected chi connectivity index (χ0v) is 5.99. The lowest BCUT2D eigenvalue weighted by atomic mass is 10.2. The van der Waals surface area contributed by atoms with Crippen molar-refractivity contribution < 1.29 is 4.79 Å². The quantitative estimate of drug-likeness (QED) is 0.381. The second-order valence-corrected chi connectivity index (χ2v) is 1.78. The van der Waals surface area contributed by atoms with Gasteiger partial charge in [0.1, 0.15) is 0 Å². The van der Waals surface area contributed by atoms with Crippen molar-refractivity contribution in [2.24, 2.45) is 0 Å². The fourth-order valence-corrected chi connectivity index (χ4v) is 0.282. The fourth-order valence-electron chi connectivity index (χ4n) is 0.282. The number of Topliss-reactive ketones (excluding diaryl/α,β-unsaturated/α-hetero) is 1. The smallest absolute Gasteiger partial charge is 0.156 e. The summed E-state index contributed by atoms with van der Waals surface area (Å²) in [7, 11) is 0. The minimum Gasteiger partial charge on any atom is -0.295 e. The number of carbonyl (C=O) groups is 1. The van der Waals surface area contributed by atoms with Crippen molar-refractivity contribution in [2.75, 3.05) is 0 Å². The molecule has 0 radical (unpaired) electrons. The van der Waals surface area contributed by atoms with Crippen LogP contribution in [-0.2, 0) is 4.79 Å². The van der Waals surface area contributed by atoms with Gasteiger partial charge < -0.3 is 0 Å². The van der Waals surface area contributed by atoms with Crippen LogP contribution in [0.2, 0.25) is 0 Å². The first-order chi connectivity index (χ1) is 4.18. The molecule has 0 N–H and O–H groups in total. The van der Waals surface area contributed by atoms with E-state index in [2.05, 4.69) is 11.8 Å². The first-order valence-corrected chi connectivity index (χ1v) is 2.78. The van der Waals surface area contributed by atoms with E-state index in [1.165, 1.54) is 6.92 Å². The molecule has 0 rings (SSSR count). The lowest BCUT2D eigenvalue weighted by Crippen LogP contribution is -1.89. The van der Waals surface area contributed by atoms with Gasteiger partial charge in [-0.15, -0.1) is 5.92 Å². The maximum Gasteiger partial charge on any atom is 0.156 e. The van der Waals surface area contributed by atoms with Crippen LogP contribution in [0.5, 0.6) is 0 Å². The van der Waals surface area contributed by atoms with Gasteiger partial charge in [0, 0.05) is 5.57 Å². The van der Waals surface area contributed by atoms with Crippen molar-refractivity contribution in [1.82, 2.24) is 0 Å². The van der Waals surface area contributed by atoms with Crippen LogP contribution in [0.25, 0.3) is 0 Å². The van der Waals surface area contributed by atoms with Gasteiger partial charge in [0.15, 0.2) is 5.78 Å². The molecule has 0 aliphatic carbocycles. The van der Waals surface area contributed by atoms with Gasteiger partial charge in [-0.1, -0.05) is 5.92 Å². The summed E-state index contributed by atoms with van der Waals surface area (Å²) in [5.74, 6) is 5.45. The van der Waals surface area contributed by atoms with E-state index in [4.69, 9.17) is 0 Å². The molecule has 0 amide bonds. The molecule has 1 nitrogen and oxygen atoms in total.